The van der Waals surface area contributed by atoms with Crippen molar-refractivity contribution in [2.45, 2.75) is 38.5 Å². The minimum atomic E-state index is -0.348. The van der Waals surface area contributed by atoms with E-state index >= 15 is 0 Å². The molecule has 0 saturated heterocycles. The van der Waals surface area contributed by atoms with Gasteiger partial charge in [0.2, 0.25) is 5.91 Å². The zero-order valence-corrected chi connectivity index (χ0v) is 14.8. The van der Waals surface area contributed by atoms with E-state index in [-0.39, 0.29) is 22.3 Å². The Labute approximate surface area is 152 Å². The summed E-state index contributed by atoms with van der Waals surface area (Å²) in [4.78, 5) is 28.7. The van der Waals surface area contributed by atoms with Crippen LogP contribution in [0.5, 0.6) is 0 Å². The highest BCUT2D eigenvalue weighted by Gasteiger charge is 2.54. The van der Waals surface area contributed by atoms with Crippen molar-refractivity contribution in [3.05, 3.63) is 30.1 Å². The van der Waals surface area contributed by atoms with Crippen molar-refractivity contribution in [2.24, 2.45) is 23.2 Å². The maximum Gasteiger partial charge on any atom is 0.271 e. The van der Waals surface area contributed by atoms with Gasteiger partial charge in [0.25, 0.3) is 5.91 Å². The third-order valence-corrected chi connectivity index (χ3v) is 6.16. The molecule has 4 fully saturated rings. The van der Waals surface area contributed by atoms with Crippen LogP contribution in [-0.4, -0.2) is 21.9 Å². The van der Waals surface area contributed by atoms with E-state index in [4.69, 9.17) is 12.2 Å². The Hall–Kier alpha value is -2.02. The number of hydrazine groups is 1. The average molecular weight is 358 g/mol. The molecule has 5 rings (SSSR count). The molecule has 25 heavy (non-hydrogen) atoms. The molecular weight excluding hydrogens is 336 g/mol. The molecule has 0 aromatic carbocycles. The van der Waals surface area contributed by atoms with Crippen LogP contribution in [0.1, 0.15) is 48.9 Å². The van der Waals surface area contributed by atoms with Crippen LogP contribution in [0.3, 0.4) is 0 Å². The third-order valence-electron chi connectivity index (χ3n) is 5.96. The summed E-state index contributed by atoms with van der Waals surface area (Å²) in [7, 11) is 0. The van der Waals surface area contributed by atoms with Gasteiger partial charge in [-0.2, -0.15) is 0 Å². The van der Waals surface area contributed by atoms with Crippen LogP contribution in [0.2, 0.25) is 0 Å². The SMILES string of the molecule is O=C(NNC(=S)NC(=O)C12CC3CC(CC(C3)C1)C2)c1cccnc1. The number of nitrogens with zero attached hydrogens (tertiary/aromatic N) is 1. The van der Waals surface area contributed by atoms with E-state index in [2.05, 4.69) is 21.2 Å². The first-order chi connectivity index (χ1) is 12.0. The van der Waals surface area contributed by atoms with Crippen molar-refractivity contribution in [3.8, 4) is 0 Å². The van der Waals surface area contributed by atoms with E-state index < -0.39 is 0 Å². The van der Waals surface area contributed by atoms with Gasteiger partial charge in [0.05, 0.1) is 11.0 Å². The van der Waals surface area contributed by atoms with Crippen LogP contribution in [0, 0.1) is 23.2 Å². The fourth-order valence-corrected chi connectivity index (χ4v) is 5.48. The zero-order chi connectivity index (χ0) is 17.4. The number of thiocarbonyl (C=S) groups is 1. The van der Waals surface area contributed by atoms with Gasteiger partial charge in [0.1, 0.15) is 0 Å². The molecule has 1 aromatic heterocycles. The number of hydrogen-bond acceptors (Lipinski definition) is 4. The standard InChI is InChI=1S/C18H22N4O2S/c23-15(14-2-1-3-19-10-14)21-22-17(25)20-16(24)18-7-11-4-12(8-18)6-13(5-11)9-18/h1-3,10-13H,4-9H2,(H,21,23)(H2,20,22,24,25). The number of amides is 2. The Morgan fingerprint density at radius 1 is 1.08 bits per heavy atom. The van der Waals surface area contributed by atoms with E-state index in [1.807, 2.05) is 0 Å². The highest BCUT2D eigenvalue weighted by Crippen LogP contribution is 2.60. The quantitative estimate of drug-likeness (QED) is 0.556. The molecule has 0 aliphatic heterocycles. The first-order valence-corrected chi connectivity index (χ1v) is 9.27. The predicted molar refractivity (Wildman–Crippen MR) is 96.2 cm³/mol. The first kappa shape index (κ1) is 16.4. The van der Waals surface area contributed by atoms with Crippen LogP contribution in [-0.2, 0) is 4.79 Å². The van der Waals surface area contributed by atoms with Gasteiger partial charge in [-0.1, -0.05) is 0 Å². The molecule has 4 saturated carbocycles. The second kappa shape index (κ2) is 6.37. The van der Waals surface area contributed by atoms with Crippen molar-refractivity contribution in [1.82, 2.24) is 21.2 Å². The molecule has 7 heteroatoms. The Morgan fingerprint density at radius 2 is 1.72 bits per heavy atom. The van der Waals surface area contributed by atoms with Crippen LogP contribution in [0.25, 0.3) is 0 Å². The van der Waals surface area contributed by atoms with E-state index in [1.165, 1.54) is 25.5 Å². The van der Waals surface area contributed by atoms with E-state index in [9.17, 15) is 9.59 Å². The van der Waals surface area contributed by atoms with Crippen molar-refractivity contribution in [3.63, 3.8) is 0 Å². The van der Waals surface area contributed by atoms with Gasteiger partial charge in [0, 0.05) is 12.4 Å². The molecule has 4 bridgehead atoms. The molecule has 4 aliphatic rings. The van der Waals surface area contributed by atoms with E-state index in [0.29, 0.717) is 23.3 Å². The molecule has 0 unspecified atom stereocenters. The number of carbonyl (C=O) groups is 2. The van der Waals surface area contributed by atoms with Gasteiger partial charge >= 0.3 is 0 Å². The lowest BCUT2D eigenvalue weighted by atomic mass is 9.49. The summed E-state index contributed by atoms with van der Waals surface area (Å²) in [5, 5.41) is 2.93. The van der Waals surface area contributed by atoms with Crippen molar-refractivity contribution in [2.75, 3.05) is 0 Å². The molecule has 0 atom stereocenters. The Bertz CT molecular complexity index is 671. The molecule has 2 amide bonds. The summed E-state index contributed by atoms with van der Waals surface area (Å²) in [5.74, 6) is 1.76. The van der Waals surface area contributed by atoms with Crippen LogP contribution >= 0.6 is 12.2 Å². The minimum absolute atomic E-state index is 0.0136. The van der Waals surface area contributed by atoms with E-state index in [1.54, 1.807) is 18.3 Å². The summed E-state index contributed by atoms with van der Waals surface area (Å²) in [6, 6.07) is 3.34. The molecule has 3 N–H and O–H groups in total. The number of aromatic nitrogens is 1. The summed E-state index contributed by atoms with van der Waals surface area (Å²) in [6.07, 6.45) is 9.87. The van der Waals surface area contributed by atoms with Crippen molar-refractivity contribution < 1.29 is 9.59 Å². The normalized spacial score (nSPS) is 32.1. The number of hydrogen-bond donors (Lipinski definition) is 3. The summed E-state index contributed by atoms with van der Waals surface area (Å²) >= 11 is 5.18. The van der Waals surface area contributed by atoms with Gasteiger partial charge < -0.3 is 5.32 Å². The van der Waals surface area contributed by atoms with Gasteiger partial charge in [-0.15, -0.1) is 0 Å². The molecule has 0 radical (unpaired) electrons. The lowest BCUT2D eigenvalue weighted by Gasteiger charge is -2.55. The maximum absolute atomic E-state index is 12.9. The molecule has 1 heterocycles. The predicted octanol–water partition coefficient (Wildman–Crippen LogP) is 1.93. The first-order valence-electron chi connectivity index (χ1n) is 8.86. The fourth-order valence-electron chi connectivity index (χ4n) is 5.34. The van der Waals surface area contributed by atoms with Gasteiger partial charge in [0.15, 0.2) is 5.11 Å². The molecule has 132 valence electrons. The second-order valence-electron chi connectivity index (χ2n) is 7.80. The monoisotopic (exact) mass is 358 g/mol. The minimum Gasteiger partial charge on any atom is -0.301 e. The summed E-state index contributed by atoms with van der Waals surface area (Å²) < 4.78 is 0. The molecule has 1 aromatic rings. The number of pyridine rings is 1. The van der Waals surface area contributed by atoms with E-state index in [0.717, 1.165) is 19.3 Å². The number of carbonyl (C=O) groups excluding carboxylic acids is 2. The summed E-state index contributed by atoms with van der Waals surface area (Å²) in [5.41, 5.74) is 5.27. The Balaban J connectivity index is 1.32. The molecular formula is C18H22N4O2S. The van der Waals surface area contributed by atoms with Crippen molar-refractivity contribution >= 4 is 29.1 Å². The largest absolute Gasteiger partial charge is 0.301 e. The molecule has 4 aliphatic carbocycles. The van der Waals surface area contributed by atoms with Crippen LogP contribution in [0.4, 0.5) is 0 Å². The fraction of sp³-hybridized carbons (Fsp3) is 0.556. The molecule has 6 nitrogen and oxygen atoms in total. The zero-order valence-electron chi connectivity index (χ0n) is 14.0. The number of nitrogens with one attached hydrogen (secondary N) is 3. The van der Waals surface area contributed by atoms with Crippen LogP contribution in [0.15, 0.2) is 24.5 Å². The third kappa shape index (κ3) is 3.25. The van der Waals surface area contributed by atoms with Crippen LogP contribution < -0.4 is 16.2 Å². The highest BCUT2D eigenvalue weighted by atomic mass is 32.1. The lowest BCUT2D eigenvalue weighted by Crippen LogP contribution is -2.57. The Kier molecular flexibility index (Phi) is 4.19. The van der Waals surface area contributed by atoms with Gasteiger partial charge in [-0.05, 0) is 80.6 Å². The molecule has 0 spiro atoms. The average Bonchev–Trinajstić information content (AvgIpc) is 2.59. The second-order valence-corrected chi connectivity index (χ2v) is 8.21. The highest BCUT2D eigenvalue weighted by molar-refractivity contribution is 7.80. The lowest BCUT2D eigenvalue weighted by molar-refractivity contribution is -0.144. The topological polar surface area (TPSA) is 83.1 Å². The smallest absolute Gasteiger partial charge is 0.271 e. The van der Waals surface area contributed by atoms with Crippen molar-refractivity contribution in [1.29, 1.82) is 0 Å². The van der Waals surface area contributed by atoms with Gasteiger partial charge in [-0.3, -0.25) is 25.4 Å². The maximum atomic E-state index is 12.9. The van der Waals surface area contributed by atoms with Gasteiger partial charge in [-0.25, -0.2) is 0 Å². The number of rotatable bonds is 2. The Morgan fingerprint density at radius 3 is 2.28 bits per heavy atom. The summed E-state index contributed by atoms with van der Waals surface area (Å²) in [6.45, 7) is 0.